The Hall–Kier alpha value is -5.34. The smallest absolute Gasteiger partial charge is 0.147 e. The SMILES string of the molecule is c1ccc(-c2c3ccccc3c(-c3ccc4oc5c(ccc6oc7ccccc7c65)c4c3)c3ccccc23)cc1. The second-order valence-electron chi connectivity index (χ2n) is 10.4. The van der Waals surface area contributed by atoms with Crippen LogP contribution in [0.4, 0.5) is 0 Å². The average molecular weight is 511 g/mol. The third-order valence-corrected chi connectivity index (χ3v) is 8.26. The quantitative estimate of drug-likeness (QED) is 0.216. The van der Waals surface area contributed by atoms with Crippen LogP contribution in [0.2, 0.25) is 0 Å². The van der Waals surface area contributed by atoms with Gasteiger partial charge in [-0.3, -0.25) is 0 Å². The van der Waals surface area contributed by atoms with Gasteiger partial charge in [0.05, 0.1) is 5.39 Å². The van der Waals surface area contributed by atoms with Crippen LogP contribution in [0.25, 0.3) is 87.7 Å². The minimum absolute atomic E-state index is 0.849. The van der Waals surface area contributed by atoms with E-state index in [4.69, 9.17) is 8.83 Å². The number of hydrogen-bond acceptors (Lipinski definition) is 2. The zero-order valence-electron chi connectivity index (χ0n) is 21.5. The highest BCUT2D eigenvalue weighted by Crippen LogP contribution is 2.45. The molecule has 9 rings (SSSR count). The molecule has 0 atom stereocenters. The van der Waals surface area contributed by atoms with Gasteiger partial charge in [-0.1, -0.05) is 103 Å². The molecule has 0 saturated heterocycles. The molecule has 0 fully saturated rings. The van der Waals surface area contributed by atoms with Crippen molar-refractivity contribution in [3.63, 3.8) is 0 Å². The van der Waals surface area contributed by atoms with E-state index in [1.165, 1.54) is 43.8 Å². The van der Waals surface area contributed by atoms with Crippen molar-refractivity contribution in [3.8, 4) is 22.3 Å². The van der Waals surface area contributed by atoms with E-state index in [-0.39, 0.29) is 0 Å². The normalized spacial score (nSPS) is 12.0. The first kappa shape index (κ1) is 21.6. The summed E-state index contributed by atoms with van der Waals surface area (Å²) in [6, 6.07) is 47.3. The van der Waals surface area contributed by atoms with Crippen molar-refractivity contribution in [3.05, 3.63) is 133 Å². The van der Waals surface area contributed by atoms with E-state index in [1.54, 1.807) is 0 Å². The Morgan fingerprint density at radius 3 is 1.57 bits per heavy atom. The van der Waals surface area contributed by atoms with Crippen LogP contribution in [-0.2, 0) is 0 Å². The third-order valence-electron chi connectivity index (χ3n) is 8.26. The van der Waals surface area contributed by atoms with Crippen molar-refractivity contribution in [2.75, 3.05) is 0 Å². The Bertz CT molecular complexity index is 2370. The second-order valence-corrected chi connectivity index (χ2v) is 10.4. The molecule has 2 heteroatoms. The fourth-order valence-electron chi connectivity index (χ4n) is 6.55. The summed E-state index contributed by atoms with van der Waals surface area (Å²) in [6.07, 6.45) is 0. The van der Waals surface area contributed by atoms with Gasteiger partial charge in [0.2, 0.25) is 0 Å². The van der Waals surface area contributed by atoms with Crippen LogP contribution in [0, 0.1) is 0 Å². The first-order valence-corrected chi connectivity index (χ1v) is 13.6. The zero-order valence-corrected chi connectivity index (χ0v) is 21.5. The Morgan fingerprint density at radius 1 is 0.325 bits per heavy atom. The van der Waals surface area contributed by atoms with Gasteiger partial charge in [0.1, 0.15) is 22.3 Å². The lowest BCUT2D eigenvalue weighted by atomic mass is 9.86. The van der Waals surface area contributed by atoms with Crippen molar-refractivity contribution in [1.82, 2.24) is 0 Å². The predicted molar refractivity (Wildman–Crippen MR) is 167 cm³/mol. The van der Waals surface area contributed by atoms with Crippen molar-refractivity contribution in [2.45, 2.75) is 0 Å². The minimum Gasteiger partial charge on any atom is -0.456 e. The molecule has 0 aliphatic carbocycles. The summed E-state index contributed by atoms with van der Waals surface area (Å²) in [4.78, 5) is 0. The molecule has 0 spiro atoms. The lowest BCUT2D eigenvalue weighted by Crippen LogP contribution is -1.90. The maximum absolute atomic E-state index is 6.51. The number of furan rings is 2. The number of fused-ring (bicyclic) bond motifs is 9. The summed E-state index contributed by atoms with van der Waals surface area (Å²) in [5, 5.41) is 9.33. The van der Waals surface area contributed by atoms with Gasteiger partial charge in [0.25, 0.3) is 0 Å². The average Bonchev–Trinajstić information content (AvgIpc) is 3.58. The molecule has 0 saturated carbocycles. The Labute approximate surface area is 229 Å². The van der Waals surface area contributed by atoms with Crippen LogP contribution < -0.4 is 0 Å². The van der Waals surface area contributed by atoms with Crippen LogP contribution in [0.1, 0.15) is 0 Å². The number of benzene rings is 7. The number of rotatable bonds is 2. The van der Waals surface area contributed by atoms with Gasteiger partial charge in [0.15, 0.2) is 0 Å². The maximum Gasteiger partial charge on any atom is 0.147 e. The van der Waals surface area contributed by atoms with E-state index < -0.39 is 0 Å². The summed E-state index contributed by atoms with van der Waals surface area (Å²) in [5.74, 6) is 0. The van der Waals surface area contributed by atoms with Gasteiger partial charge in [-0.2, -0.15) is 0 Å². The molecule has 40 heavy (non-hydrogen) atoms. The fourth-order valence-corrected chi connectivity index (χ4v) is 6.55. The Balaban J connectivity index is 1.38. The van der Waals surface area contributed by atoms with Crippen LogP contribution in [0.5, 0.6) is 0 Å². The molecular weight excluding hydrogens is 488 g/mol. The van der Waals surface area contributed by atoms with Crippen LogP contribution in [0.3, 0.4) is 0 Å². The summed E-state index contributed by atoms with van der Waals surface area (Å²) in [7, 11) is 0. The molecule has 186 valence electrons. The highest BCUT2D eigenvalue weighted by Gasteiger charge is 2.19. The molecule has 0 bridgehead atoms. The molecular formula is C38H22O2. The van der Waals surface area contributed by atoms with E-state index in [0.717, 1.165) is 43.9 Å². The molecule has 2 heterocycles. The molecule has 0 amide bonds. The predicted octanol–water partition coefficient (Wildman–Crippen LogP) is 11.1. The lowest BCUT2D eigenvalue weighted by Gasteiger charge is -2.17. The van der Waals surface area contributed by atoms with Crippen molar-refractivity contribution in [2.24, 2.45) is 0 Å². The standard InChI is InChI=1S/C38H22O2/c1-2-10-23(11-3-1)35-25-12-4-6-14-27(25)36(28-15-7-5-13-26(28)35)24-18-20-33-31(22-24)29-19-21-34-37(38(29)40-33)30-16-8-9-17-32(30)39-34/h1-22H. The van der Waals surface area contributed by atoms with E-state index in [2.05, 4.69) is 115 Å². The third kappa shape index (κ3) is 2.93. The van der Waals surface area contributed by atoms with E-state index in [0.29, 0.717) is 0 Å². The van der Waals surface area contributed by atoms with Crippen LogP contribution in [-0.4, -0.2) is 0 Å². The molecule has 0 N–H and O–H groups in total. The van der Waals surface area contributed by atoms with E-state index in [1.807, 2.05) is 18.2 Å². The summed E-state index contributed by atoms with van der Waals surface area (Å²) >= 11 is 0. The van der Waals surface area contributed by atoms with Crippen molar-refractivity contribution >= 4 is 65.4 Å². The minimum atomic E-state index is 0.849. The molecule has 2 nitrogen and oxygen atoms in total. The van der Waals surface area contributed by atoms with Gasteiger partial charge in [-0.25, -0.2) is 0 Å². The molecule has 0 aliphatic heterocycles. The molecule has 9 aromatic rings. The highest BCUT2D eigenvalue weighted by atomic mass is 16.3. The molecule has 0 radical (unpaired) electrons. The monoisotopic (exact) mass is 510 g/mol. The Kier molecular flexibility index (Phi) is 4.36. The number of para-hydroxylation sites is 1. The molecule has 0 unspecified atom stereocenters. The summed E-state index contributed by atoms with van der Waals surface area (Å²) < 4.78 is 12.6. The largest absolute Gasteiger partial charge is 0.456 e. The zero-order chi connectivity index (χ0) is 26.2. The lowest BCUT2D eigenvalue weighted by molar-refractivity contribution is 0.663. The second kappa shape index (κ2) is 8.08. The van der Waals surface area contributed by atoms with Gasteiger partial charge >= 0.3 is 0 Å². The Morgan fingerprint density at radius 2 is 0.875 bits per heavy atom. The number of hydrogen-bond donors (Lipinski definition) is 0. The van der Waals surface area contributed by atoms with Crippen LogP contribution in [0.15, 0.2) is 142 Å². The molecule has 2 aromatic heterocycles. The fraction of sp³-hybridized carbons (Fsp3) is 0. The van der Waals surface area contributed by atoms with Gasteiger partial charge in [-0.05, 0) is 74.1 Å². The summed E-state index contributed by atoms with van der Waals surface area (Å²) in [6.45, 7) is 0. The van der Waals surface area contributed by atoms with Crippen molar-refractivity contribution in [1.29, 1.82) is 0 Å². The van der Waals surface area contributed by atoms with Gasteiger partial charge < -0.3 is 8.83 Å². The van der Waals surface area contributed by atoms with E-state index in [9.17, 15) is 0 Å². The van der Waals surface area contributed by atoms with Crippen LogP contribution >= 0.6 is 0 Å². The van der Waals surface area contributed by atoms with E-state index >= 15 is 0 Å². The van der Waals surface area contributed by atoms with Crippen molar-refractivity contribution < 1.29 is 8.83 Å². The first-order valence-electron chi connectivity index (χ1n) is 13.6. The van der Waals surface area contributed by atoms with Gasteiger partial charge in [-0.15, -0.1) is 0 Å². The molecule has 0 aliphatic rings. The molecule has 7 aromatic carbocycles. The highest BCUT2D eigenvalue weighted by molar-refractivity contribution is 6.24. The van der Waals surface area contributed by atoms with Gasteiger partial charge in [0, 0.05) is 16.2 Å². The summed E-state index contributed by atoms with van der Waals surface area (Å²) in [5.41, 5.74) is 8.42. The topological polar surface area (TPSA) is 26.3 Å². The first-order chi connectivity index (χ1) is 19.8. The maximum atomic E-state index is 6.51.